The highest BCUT2D eigenvalue weighted by Gasteiger charge is 2.26. The van der Waals surface area contributed by atoms with E-state index in [1.54, 1.807) is 0 Å². The van der Waals surface area contributed by atoms with Gasteiger partial charge in [-0.05, 0) is 54.4 Å². The van der Waals surface area contributed by atoms with Gasteiger partial charge in [-0.2, -0.15) is 0 Å². The average molecular weight is 290 g/mol. The third-order valence-electron chi connectivity index (χ3n) is 4.73. The van der Waals surface area contributed by atoms with Gasteiger partial charge in [-0.15, -0.1) is 0 Å². The van der Waals surface area contributed by atoms with Crippen LogP contribution in [0.4, 0.5) is 0 Å². The van der Waals surface area contributed by atoms with Gasteiger partial charge in [-0.25, -0.2) is 0 Å². The van der Waals surface area contributed by atoms with Gasteiger partial charge >= 0.3 is 0 Å². The number of hydrogen-bond acceptors (Lipinski definition) is 3. The van der Waals surface area contributed by atoms with Crippen LogP contribution in [0.5, 0.6) is 0 Å². The van der Waals surface area contributed by atoms with Crippen LogP contribution >= 0.6 is 0 Å². The number of aryl methyl sites for hydroxylation is 2. The lowest BCUT2D eigenvalue weighted by molar-refractivity contribution is 0.176. The van der Waals surface area contributed by atoms with Crippen molar-refractivity contribution in [1.82, 2.24) is 5.43 Å². The Bertz CT molecular complexity index is 461. The van der Waals surface area contributed by atoms with Crippen molar-refractivity contribution in [2.75, 3.05) is 13.2 Å². The maximum absolute atomic E-state index is 5.79. The minimum absolute atomic E-state index is 0.193. The molecular formula is C18H30N2O. The summed E-state index contributed by atoms with van der Waals surface area (Å²) in [4.78, 5) is 0. The van der Waals surface area contributed by atoms with Gasteiger partial charge in [0.15, 0.2) is 0 Å². The number of hydrogen-bond donors (Lipinski definition) is 2. The number of nitrogens with two attached hydrogens (primary N) is 1. The van der Waals surface area contributed by atoms with Crippen molar-refractivity contribution in [3.05, 3.63) is 34.4 Å². The van der Waals surface area contributed by atoms with Crippen LogP contribution in [-0.2, 0) is 16.6 Å². The molecule has 1 heterocycles. The van der Waals surface area contributed by atoms with Gasteiger partial charge in [0.05, 0.1) is 6.61 Å². The van der Waals surface area contributed by atoms with Crippen molar-refractivity contribution in [3.8, 4) is 0 Å². The van der Waals surface area contributed by atoms with E-state index in [1.807, 2.05) is 0 Å². The summed E-state index contributed by atoms with van der Waals surface area (Å²) in [6, 6.07) is 4.97. The zero-order valence-corrected chi connectivity index (χ0v) is 14.1. The van der Waals surface area contributed by atoms with Crippen LogP contribution in [0.1, 0.15) is 49.4 Å². The molecule has 3 N–H and O–H groups in total. The summed E-state index contributed by atoms with van der Waals surface area (Å²) in [5, 5.41) is 0. The van der Waals surface area contributed by atoms with E-state index in [2.05, 4.69) is 52.2 Å². The fraction of sp³-hybridized carbons (Fsp3) is 0.667. The molecule has 2 rings (SSSR count). The molecule has 1 aliphatic rings. The van der Waals surface area contributed by atoms with Crippen LogP contribution in [0.3, 0.4) is 0 Å². The van der Waals surface area contributed by atoms with Crippen molar-refractivity contribution < 1.29 is 4.74 Å². The fourth-order valence-electron chi connectivity index (χ4n) is 3.20. The van der Waals surface area contributed by atoms with Gasteiger partial charge in [-0.3, -0.25) is 11.3 Å². The van der Waals surface area contributed by atoms with E-state index in [1.165, 1.54) is 22.3 Å². The average Bonchev–Trinajstić information content (AvgIpc) is 2.90. The molecule has 0 radical (unpaired) electrons. The molecule has 1 aromatic carbocycles. The topological polar surface area (TPSA) is 47.3 Å². The molecule has 0 saturated carbocycles. The Balaban J connectivity index is 2.23. The van der Waals surface area contributed by atoms with Gasteiger partial charge in [-0.1, -0.05) is 32.9 Å². The van der Waals surface area contributed by atoms with Gasteiger partial charge in [0.25, 0.3) is 0 Å². The van der Waals surface area contributed by atoms with Gasteiger partial charge in [0.2, 0.25) is 0 Å². The van der Waals surface area contributed by atoms with Crippen LogP contribution in [0, 0.1) is 19.8 Å². The van der Waals surface area contributed by atoms with Crippen LogP contribution in [0.25, 0.3) is 0 Å². The highest BCUT2D eigenvalue weighted by atomic mass is 16.5. The zero-order chi connectivity index (χ0) is 15.6. The molecule has 0 bridgehead atoms. The quantitative estimate of drug-likeness (QED) is 0.662. The molecular weight excluding hydrogens is 260 g/mol. The van der Waals surface area contributed by atoms with Crippen molar-refractivity contribution >= 4 is 0 Å². The molecule has 0 amide bonds. The Morgan fingerprint density at radius 2 is 1.90 bits per heavy atom. The molecule has 21 heavy (non-hydrogen) atoms. The monoisotopic (exact) mass is 290 g/mol. The summed E-state index contributed by atoms with van der Waals surface area (Å²) in [7, 11) is 0. The first kappa shape index (κ1) is 16.5. The Labute approximate surface area is 129 Å². The van der Waals surface area contributed by atoms with Crippen LogP contribution < -0.4 is 11.3 Å². The second kappa shape index (κ2) is 6.47. The predicted octanol–water partition coefficient (Wildman–Crippen LogP) is 3.01. The highest BCUT2D eigenvalue weighted by Crippen LogP contribution is 2.29. The fourth-order valence-corrected chi connectivity index (χ4v) is 3.20. The molecule has 1 aliphatic heterocycles. The first-order valence-corrected chi connectivity index (χ1v) is 7.97. The molecule has 1 saturated heterocycles. The first-order chi connectivity index (χ1) is 9.82. The van der Waals surface area contributed by atoms with E-state index in [-0.39, 0.29) is 5.41 Å². The maximum Gasteiger partial charge on any atom is 0.0510 e. The summed E-state index contributed by atoms with van der Waals surface area (Å²) in [6.07, 6.45) is 2.08. The summed E-state index contributed by atoms with van der Waals surface area (Å²) in [6.45, 7) is 12.9. The third-order valence-corrected chi connectivity index (χ3v) is 4.73. The van der Waals surface area contributed by atoms with Crippen LogP contribution in [0.15, 0.2) is 12.1 Å². The molecule has 3 heteroatoms. The summed E-state index contributed by atoms with van der Waals surface area (Å²) < 4.78 is 5.51. The van der Waals surface area contributed by atoms with Crippen molar-refractivity contribution in [2.24, 2.45) is 11.8 Å². The van der Waals surface area contributed by atoms with E-state index in [9.17, 15) is 0 Å². The number of hydrazine groups is 1. The molecule has 0 aromatic heterocycles. The van der Waals surface area contributed by atoms with Crippen molar-refractivity contribution in [3.63, 3.8) is 0 Å². The normalized spacial score (nSPS) is 20.8. The van der Waals surface area contributed by atoms with E-state index in [4.69, 9.17) is 10.6 Å². The Hall–Kier alpha value is -0.900. The predicted molar refractivity (Wildman–Crippen MR) is 88.4 cm³/mol. The minimum atomic E-state index is 0.193. The van der Waals surface area contributed by atoms with Gasteiger partial charge in [0, 0.05) is 18.6 Å². The Morgan fingerprint density at radius 3 is 2.33 bits per heavy atom. The third kappa shape index (κ3) is 3.85. The lowest BCUT2D eigenvalue weighted by atomic mass is 9.82. The SMILES string of the molecule is Cc1cc(C(C)(C)C)cc(C)c1CC(NN)C1CCOC1. The van der Waals surface area contributed by atoms with Crippen LogP contribution in [0.2, 0.25) is 0 Å². The van der Waals surface area contributed by atoms with E-state index >= 15 is 0 Å². The number of ether oxygens (including phenoxy) is 1. The number of benzene rings is 1. The summed E-state index contributed by atoms with van der Waals surface area (Å²) in [5.41, 5.74) is 8.79. The van der Waals surface area contributed by atoms with E-state index in [0.29, 0.717) is 12.0 Å². The molecule has 2 unspecified atom stereocenters. The number of rotatable bonds is 4. The smallest absolute Gasteiger partial charge is 0.0510 e. The number of nitrogens with one attached hydrogen (secondary N) is 1. The minimum Gasteiger partial charge on any atom is -0.381 e. The molecule has 0 aliphatic carbocycles. The largest absolute Gasteiger partial charge is 0.381 e. The Kier molecular flexibility index (Phi) is 5.07. The Morgan fingerprint density at radius 1 is 1.29 bits per heavy atom. The van der Waals surface area contributed by atoms with Crippen molar-refractivity contribution in [1.29, 1.82) is 0 Å². The molecule has 2 atom stereocenters. The van der Waals surface area contributed by atoms with Gasteiger partial charge < -0.3 is 4.74 Å². The second-order valence-corrected chi connectivity index (χ2v) is 7.44. The molecule has 118 valence electrons. The summed E-state index contributed by atoms with van der Waals surface area (Å²) in [5.74, 6) is 6.32. The van der Waals surface area contributed by atoms with Crippen molar-refractivity contribution in [2.45, 2.75) is 58.9 Å². The lowest BCUT2D eigenvalue weighted by Gasteiger charge is -2.26. The first-order valence-electron chi connectivity index (χ1n) is 7.97. The van der Waals surface area contributed by atoms with E-state index < -0.39 is 0 Å². The second-order valence-electron chi connectivity index (χ2n) is 7.44. The van der Waals surface area contributed by atoms with E-state index in [0.717, 1.165) is 26.1 Å². The zero-order valence-electron chi connectivity index (χ0n) is 14.1. The lowest BCUT2D eigenvalue weighted by Crippen LogP contribution is -2.43. The summed E-state index contributed by atoms with van der Waals surface area (Å²) >= 11 is 0. The molecule has 1 aromatic rings. The molecule has 3 nitrogen and oxygen atoms in total. The maximum atomic E-state index is 5.79. The molecule has 1 fully saturated rings. The molecule has 0 spiro atoms. The highest BCUT2D eigenvalue weighted by molar-refractivity contribution is 5.41. The van der Waals surface area contributed by atoms with Crippen LogP contribution in [-0.4, -0.2) is 19.3 Å². The standard InChI is InChI=1S/C18H30N2O/c1-12-8-15(18(3,4)5)9-13(2)16(12)10-17(20-19)14-6-7-21-11-14/h8-9,14,17,20H,6-7,10-11,19H2,1-5H3. The van der Waals surface area contributed by atoms with Gasteiger partial charge in [0.1, 0.15) is 0 Å².